The predicted octanol–water partition coefficient (Wildman–Crippen LogP) is 4.93. The van der Waals surface area contributed by atoms with Gasteiger partial charge < -0.3 is 9.84 Å². The first-order chi connectivity index (χ1) is 11.8. The lowest BCUT2D eigenvalue weighted by molar-refractivity contribution is -0.140. The molecule has 1 aromatic carbocycles. The van der Waals surface area contributed by atoms with E-state index in [1.54, 1.807) is 26.8 Å². The molecule has 1 saturated heterocycles. The number of nitrogens with zero attached hydrogens (tertiary/aromatic N) is 1. The molecule has 1 aliphatic rings. The van der Waals surface area contributed by atoms with Crippen LogP contribution in [0, 0.1) is 5.82 Å². The smallest absolute Gasteiger partial charge is 0.411 e. The number of amides is 1. The molecule has 1 aliphatic heterocycles. The third-order valence-corrected chi connectivity index (χ3v) is 5.07. The van der Waals surface area contributed by atoms with Gasteiger partial charge >= 0.3 is 12.1 Å². The van der Waals surface area contributed by atoms with Crippen LogP contribution in [-0.2, 0) is 9.53 Å². The number of ether oxygens (including phenoxy) is 1. The molecule has 0 aromatic heterocycles. The zero-order chi connectivity index (χ0) is 19.9. The van der Waals surface area contributed by atoms with Crippen LogP contribution in [0.25, 0.3) is 0 Å². The SMILES string of the molecule is CC(C)(C)OC(=O)N1C([C@H](C(=O)O)c2ccc(Br)cc2F)CCC1(C)C. The number of likely N-dealkylation sites (tertiary alicyclic amines) is 1. The van der Waals surface area contributed by atoms with Crippen LogP contribution in [-0.4, -0.2) is 39.3 Å². The Balaban J connectivity index is 2.46. The number of carbonyl (C=O) groups is 2. The van der Waals surface area contributed by atoms with Gasteiger partial charge in [0, 0.05) is 15.6 Å². The van der Waals surface area contributed by atoms with Gasteiger partial charge in [-0.3, -0.25) is 9.69 Å². The summed E-state index contributed by atoms with van der Waals surface area (Å²) in [6.07, 6.45) is 0.492. The Kier molecular flexibility index (Phi) is 5.71. The largest absolute Gasteiger partial charge is 0.481 e. The number of aliphatic carboxylic acids is 1. The number of carboxylic acid groups (broad SMARTS) is 1. The highest BCUT2D eigenvalue weighted by Crippen LogP contribution is 2.42. The molecule has 2 rings (SSSR count). The Morgan fingerprint density at radius 1 is 1.38 bits per heavy atom. The van der Waals surface area contributed by atoms with Gasteiger partial charge in [0.15, 0.2) is 0 Å². The summed E-state index contributed by atoms with van der Waals surface area (Å²) in [5, 5.41) is 9.83. The van der Waals surface area contributed by atoms with Gasteiger partial charge in [0.25, 0.3) is 0 Å². The van der Waals surface area contributed by atoms with Crippen LogP contribution in [0.2, 0.25) is 0 Å². The lowest BCUT2D eigenvalue weighted by Gasteiger charge is -2.39. The van der Waals surface area contributed by atoms with Crippen molar-refractivity contribution in [3.05, 3.63) is 34.1 Å². The second kappa shape index (κ2) is 7.18. The number of benzene rings is 1. The van der Waals surface area contributed by atoms with Crippen molar-refractivity contribution in [2.24, 2.45) is 0 Å². The Morgan fingerprint density at radius 2 is 2.00 bits per heavy atom. The maximum absolute atomic E-state index is 14.5. The summed E-state index contributed by atoms with van der Waals surface area (Å²) in [7, 11) is 0. The number of rotatable bonds is 3. The van der Waals surface area contributed by atoms with Gasteiger partial charge in [0.2, 0.25) is 0 Å². The van der Waals surface area contributed by atoms with Crippen molar-refractivity contribution in [3.8, 4) is 0 Å². The van der Waals surface area contributed by atoms with Gasteiger partial charge in [-0.2, -0.15) is 0 Å². The fraction of sp³-hybridized carbons (Fsp3) is 0.579. The third-order valence-electron chi connectivity index (χ3n) is 4.57. The van der Waals surface area contributed by atoms with Crippen molar-refractivity contribution in [1.29, 1.82) is 0 Å². The Labute approximate surface area is 161 Å². The average molecular weight is 430 g/mol. The van der Waals surface area contributed by atoms with E-state index in [2.05, 4.69) is 15.9 Å². The quantitative estimate of drug-likeness (QED) is 0.738. The fourth-order valence-electron chi connectivity index (χ4n) is 3.47. The molecule has 1 unspecified atom stereocenters. The van der Waals surface area contributed by atoms with E-state index in [1.807, 2.05) is 13.8 Å². The molecule has 0 bridgehead atoms. The van der Waals surface area contributed by atoms with Gasteiger partial charge in [0.05, 0.1) is 6.04 Å². The maximum atomic E-state index is 14.5. The zero-order valence-electron chi connectivity index (χ0n) is 15.7. The molecule has 0 aliphatic carbocycles. The third kappa shape index (κ3) is 4.37. The second-order valence-electron chi connectivity index (χ2n) is 8.25. The first kappa shape index (κ1) is 20.7. The topological polar surface area (TPSA) is 66.8 Å². The van der Waals surface area contributed by atoms with Crippen LogP contribution in [0.4, 0.5) is 9.18 Å². The molecule has 1 amide bonds. The van der Waals surface area contributed by atoms with Gasteiger partial charge in [-0.15, -0.1) is 0 Å². The predicted molar refractivity (Wildman–Crippen MR) is 99.7 cm³/mol. The first-order valence-corrected chi connectivity index (χ1v) is 9.33. The molecule has 1 heterocycles. The molecule has 1 fully saturated rings. The summed E-state index contributed by atoms with van der Waals surface area (Å²) in [4.78, 5) is 26.3. The average Bonchev–Trinajstić information content (AvgIpc) is 2.75. The van der Waals surface area contributed by atoms with E-state index in [0.29, 0.717) is 17.3 Å². The summed E-state index contributed by atoms with van der Waals surface area (Å²) in [5.41, 5.74) is -1.22. The van der Waals surface area contributed by atoms with Crippen LogP contribution in [0.3, 0.4) is 0 Å². The Hall–Kier alpha value is -1.63. The molecule has 1 aromatic rings. The number of hydrogen-bond donors (Lipinski definition) is 1. The standard InChI is InChI=1S/C19H25BrFNO4/c1-18(2,3)26-17(25)22-14(8-9-19(22,4)5)15(16(23)24)12-7-6-11(20)10-13(12)21/h6-7,10,14-15H,8-9H2,1-5H3,(H,23,24)/t14?,15-/m1/s1. The summed E-state index contributed by atoms with van der Waals surface area (Å²) < 4.78 is 20.5. The van der Waals surface area contributed by atoms with Crippen molar-refractivity contribution in [2.75, 3.05) is 0 Å². The molecule has 1 N–H and O–H groups in total. The van der Waals surface area contributed by atoms with E-state index in [-0.39, 0.29) is 5.56 Å². The van der Waals surface area contributed by atoms with Crippen molar-refractivity contribution < 1.29 is 23.8 Å². The number of carbonyl (C=O) groups excluding carboxylic acids is 1. The lowest BCUT2D eigenvalue weighted by Crippen LogP contribution is -2.51. The molecule has 0 spiro atoms. The number of carboxylic acids is 1. The maximum Gasteiger partial charge on any atom is 0.411 e. The van der Waals surface area contributed by atoms with Crippen LogP contribution < -0.4 is 0 Å². The van der Waals surface area contributed by atoms with Crippen molar-refractivity contribution in [1.82, 2.24) is 4.90 Å². The summed E-state index contributed by atoms with van der Waals surface area (Å²) >= 11 is 3.18. The molecular weight excluding hydrogens is 405 g/mol. The minimum Gasteiger partial charge on any atom is -0.481 e. The molecule has 2 atom stereocenters. The van der Waals surface area contributed by atoms with E-state index in [1.165, 1.54) is 17.0 Å². The molecule has 5 nitrogen and oxygen atoms in total. The second-order valence-corrected chi connectivity index (χ2v) is 9.17. The van der Waals surface area contributed by atoms with Gasteiger partial charge in [-0.1, -0.05) is 22.0 Å². The summed E-state index contributed by atoms with van der Waals surface area (Å²) in [6.45, 7) is 9.01. The highest BCUT2D eigenvalue weighted by Gasteiger charge is 2.50. The van der Waals surface area contributed by atoms with Gasteiger partial charge in [-0.05, 0) is 59.6 Å². The van der Waals surface area contributed by atoms with Crippen LogP contribution in [0.1, 0.15) is 58.9 Å². The van der Waals surface area contributed by atoms with Crippen molar-refractivity contribution >= 4 is 28.0 Å². The van der Waals surface area contributed by atoms with Crippen molar-refractivity contribution in [3.63, 3.8) is 0 Å². The molecular formula is C19H25BrFNO4. The van der Waals surface area contributed by atoms with E-state index < -0.39 is 41.0 Å². The Morgan fingerprint density at radius 3 is 2.50 bits per heavy atom. The molecule has 7 heteroatoms. The summed E-state index contributed by atoms with van der Waals surface area (Å²) in [6, 6.07) is 3.61. The Bertz CT molecular complexity index is 714. The molecule has 26 heavy (non-hydrogen) atoms. The van der Waals surface area contributed by atoms with Crippen molar-refractivity contribution in [2.45, 2.75) is 70.6 Å². The van der Waals surface area contributed by atoms with Crippen LogP contribution >= 0.6 is 15.9 Å². The van der Waals surface area contributed by atoms with Crippen LogP contribution in [0.5, 0.6) is 0 Å². The first-order valence-electron chi connectivity index (χ1n) is 8.53. The van der Waals surface area contributed by atoms with E-state index in [0.717, 1.165) is 0 Å². The number of hydrogen-bond acceptors (Lipinski definition) is 3. The highest BCUT2D eigenvalue weighted by atomic mass is 79.9. The zero-order valence-corrected chi connectivity index (χ0v) is 17.3. The minimum atomic E-state index is -1.17. The summed E-state index contributed by atoms with van der Waals surface area (Å²) in [5.74, 6) is -2.94. The van der Waals surface area contributed by atoms with E-state index >= 15 is 0 Å². The molecule has 0 saturated carbocycles. The van der Waals surface area contributed by atoms with E-state index in [9.17, 15) is 19.1 Å². The van der Waals surface area contributed by atoms with E-state index in [4.69, 9.17) is 4.74 Å². The van der Waals surface area contributed by atoms with Gasteiger partial charge in [-0.25, -0.2) is 9.18 Å². The van der Waals surface area contributed by atoms with Gasteiger partial charge in [0.1, 0.15) is 17.3 Å². The lowest BCUT2D eigenvalue weighted by atomic mass is 9.89. The number of halogens is 2. The highest BCUT2D eigenvalue weighted by molar-refractivity contribution is 9.10. The molecule has 0 radical (unpaired) electrons. The fourth-order valence-corrected chi connectivity index (χ4v) is 3.80. The van der Waals surface area contributed by atoms with Crippen LogP contribution in [0.15, 0.2) is 22.7 Å². The normalized spacial score (nSPS) is 20.7. The molecule has 144 valence electrons. The monoisotopic (exact) mass is 429 g/mol. The minimum absolute atomic E-state index is 0.0666.